The molecule has 3 aromatic rings. The van der Waals surface area contributed by atoms with Crippen LogP contribution in [0.15, 0.2) is 60.8 Å². The van der Waals surface area contributed by atoms with Crippen LogP contribution in [0.5, 0.6) is 0 Å². The summed E-state index contributed by atoms with van der Waals surface area (Å²) in [7, 11) is 2.02. The van der Waals surface area contributed by atoms with Gasteiger partial charge in [0.1, 0.15) is 0 Å². The molecule has 0 N–H and O–H groups in total. The number of nitrogens with zero attached hydrogens (tertiary/aromatic N) is 2. The number of Topliss-reactive ketones (excluding diaryl/α,β-unsaturated/α-hetero) is 1. The molecule has 1 atom stereocenters. The summed E-state index contributed by atoms with van der Waals surface area (Å²) in [5, 5.41) is 1.08. The SMILES string of the molecule is CC(c1ccccc1)N1CCC(CCC(=O)c2cn(C)c3ccccc23)CC1. The smallest absolute Gasteiger partial charge is 0.165 e. The Kier molecular flexibility index (Phi) is 5.63. The number of piperidine rings is 1. The van der Waals surface area contributed by atoms with Gasteiger partial charge in [-0.2, -0.15) is 0 Å². The maximum Gasteiger partial charge on any atom is 0.165 e. The van der Waals surface area contributed by atoms with Crippen LogP contribution in [-0.2, 0) is 7.05 Å². The Labute approximate surface area is 168 Å². The summed E-state index contributed by atoms with van der Waals surface area (Å²) in [5.74, 6) is 0.954. The molecule has 4 rings (SSSR count). The van der Waals surface area contributed by atoms with E-state index in [0.29, 0.717) is 18.4 Å². The molecule has 0 aliphatic carbocycles. The predicted octanol–water partition coefficient (Wildman–Crippen LogP) is 5.61. The highest BCUT2D eigenvalue weighted by Crippen LogP contribution is 2.29. The first-order valence-corrected chi connectivity index (χ1v) is 10.5. The van der Waals surface area contributed by atoms with Gasteiger partial charge in [-0.25, -0.2) is 0 Å². The van der Waals surface area contributed by atoms with Gasteiger partial charge in [0.2, 0.25) is 0 Å². The van der Waals surface area contributed by atoms with Gasteiger partial charge in [-0.1, -0.05) is 48.5 Å². The van der Waals surface area contributed by atoms with Crippen LogP contribution in [0.1, 0.15) is 54.6 Å². The molecule has 0 amide bonds. The van der Waals surface area contributed by atoms with Gasteiger partial charge >= 0.3 is 0 Å². The number of hydrogen-bond donors (Lipinski definition) is 0. The maximum atomic E-state index is 12.8. The minimum absolute atomic E-state index is 0.289. The van der Waals surface area contributed by atoms with Crippen LogP contribution in [0, 0.1) is 5.92 Å². The Morgan fingerprint density at radius 2 is 1.71 bits per heavy atom. The van der Waals surface area contributed by atoms with Crippen molar-refractivity contribution in [3.05, 3.63) is 71.9 Å². The lowest BCUT2D eigenvalue weighted by atomic mass is 9.89. The molecule has 1 aliphatic rings. The zero-order valence-corrected chi connectivity index (χ0v) is 17.0. The van der Waals surface area contributed by atoms with E-state index in [9.17, 15) is 4.79 Å². The number of likely N-dealkylation sites (tertiary alicyclic amines) is 1. The van der Waals surface area contributed by atoms with Crippen molar-refractivity contribution < 1.29 is 4.79 Å². The average molecular weight is 375 g/mol. The molecule has 1 unspecified atom stereocenters. The van der Waals surface area contributed by atoms with Crippen LogP contribution in [0.3, 0.4) is 0 Å². The summed E-state index contributed by atoms with van der Waals surface area (Å²) in [6, 6.07) is 19.4. The Morgan fingerprint density at radius 1 is 1.04 bits per heavy atom. The van der Waals surface area contributed by atoms with E-state index in [1.807, 2.05) is 25.4 Å². The molecule has 1 aliphatic heterocycles. The quantitative estimate of drug-likeness (QED) is 0.524. The summed E-state index contributed by atoms with van der Waals surface area (Å²) < 4.78 is 2.06. The maximum absolute atomic E-state index is 12.8. The molecule has 1 aromatic heterocycles. The van der Waals surface area contributed by atoms with E-state index < -0.39 is 0 Å². The van der Waals surface area contributed by atoms with Crippen LogP contribution in [0.2, 0.25) is 0 Å². The molecule has 0 bridgehead atoms. The predicted molar refractivity (Wildman–Crippen MR) is 116 cm³/mol. The van der Waals surface area contributed by atoms with Crippen molar-refractivity contribution in [3.8, 4) is 0 Å². The number of aryl methyl sites for hydroxylation is 1. The molecule has 2 aromatic carbocycles. The summed E-state index contributed by atoms with van der Waals surface area (Å²) in [6.07, 6.45) is 6.06. The lowest BCUT2D eigenvalue weighted by molar-refractivity contribution is 0.0953. The lowest BCUT2D eigenvalue weighted by Gasteiger charge is -2.36. The molecular weight excluding hydrogens is 344 g/mol. The van der Waals surface area contributed by atoms with Gasteiger partial charge in [0.05, 0.1) is 0 Å². The fraction of sp³-hybridized carbons (Fsp3) is 0.400. The van der Waals surface area contributed by atoms with Crippen LogP contribution in [0.25, 0.3) is 10.9 Å². The molecule has 0 radical (unpaired) electrons. The highest BCUT2D eigenvalue weighted by atomic mass is 16.1. The first-order valence-electron chi connectivity index (χ1n) is 10.5. The zero-order chi connectivity index (χ0) is 19.5. The van der Waals surface area contributed by atoms with E-state index in [1.165, 1.54) is 18.4 Å². The lowest BCUT2D eigenvalue weighted by Crippen LogP contribution is -2.35. The standard InChI is InChI=1S/C25H30N2O/c1-19(21-8-4-3-5-9-21)27-16-14-20(15-17-27)12-13-25(28)23-18-26(2)24-11-7-6-10-22(23)24/h3-11,18-20H,12-17H2,1-2H3. The number of carbonyl (C=O) groups is 1. The third-order valence-electron chi connectivity index (χ3n) is 6.46. The van der Waals surface area contributed by atoms with Gasteiger partial charge in [-0.05, 0) is 56.8 Å². The number of fused-ring (bicyclic) bond motifs is 1. The number of carbonyl (C=O) groups excluding carboxylic acids is 1. The second-order valence-electron chi connectivity index (χ2n) is 8.20. The monoisotopic (exact) mass is 374 g/mol. The van der Waals surface area contributed by atoms with Crippen LogP contribution >= 0.6 is 0 Å². The number of aromatic nitrogens is 1. The molecule has 3 heteroatoms. The molecule has 3 nitrogen and oxygen atoms in total. The molecule has 28 heavy (non-hydrogen) atoms. The highest BCUT2D eigenvalue weighted by Gasteiger charge is 2.24. The van der Waals surface area contributed by atoms with E-state index in [0.717, 1.165) is 36.0 Å². The van der Waals surface area contributed by atoms with E-state index in [2.05, 4.69) is 58.9 Å². The van der Waals surface area contributed by atoms with Gasteiger partial charge in [0.15, 0.2) is 5.78 Å². The number of ketones is 1. The Hall–Kier alpha value is -2.39. The van der Waals surface area contributed by atoms with Crippen LogP contribution in [0.4, 0.5) is 0 Å². The Bertz CT molecular complexity index is 936. The summed E-state index contributed by atoms with van der Waals surface area (Å²) in [4.78, 5) is 15.4. The van der Waals surface area contributed by atoms with Crippen molar-refractivity contribution in [1.29, 1.82) is 0 Å². The minimum Gasteiger partial charge on any atom is -0.350 e. The highest BCUT2D eigenvalue weighted by molar-refractivity contribution is 6.08. The van der Waals surface area contributed by atoms with Crippen LogP contribution < -0.4 is 0 Å². The van der Waals surface area contributed by atoms with E-state index >= 15 is 0 Å². The summed E-state index contributed by atoms with van der Waals surface area (Å²) in [5.41, 5.74) is 3.41. The molecular formula is C25H30N2O. The molecule has 1 fully saturated rings. The van der Waals surface area contributed by atoms with Crippen molar-refractivity contribution in [2.24, 2.45) is 13.0 Å². The Balaban J connectivity index is 1.31. The number of para-hydroxylation sites is 1. The average Bonchev–Trinajstić information content (AvgIpc) is 3.09. The third kappa shape index (κ3) is 3.90. The van der Waals surface area contributed by atoms with Gasteiger partial charge < -0.3 is 4.57 Å². The fourth-order valence-corrected chi connectivity index (χ4v) is 4.61. The minimum atomic E-state index is 0.289. The second-order valence-corrected chi connectivity index (χ2v) is 8.20. The van der Waals surface area contributed by atoms with E-state index in [1.54, 1.807) is 0 Å². The van der Waals surface area contributed by atoms with Crippen molar-refractivity contribution >= 4 is 16.7 Å². The van der Waals surface area contributed by atoms with Crippen molar-refractivity contribution in [3.63, 3.8) is 0 Å². The van der Waals surface area contributed by atoms with Gasteiger partial charge in [-0.15, -0.1) is 0 Å². The Morgan fingerprint density at radius 3 is 2.46 bits per heavy atom. The zero-order valence-electron chi connectivity index (χ0n) is 17.0. The van der Waals surface area contributed by atoms with Gasteiger partial charge in [0.25, 0.3) is 0 Å². The largest absolute Gasteiger partial charge is 0.350 e. The topological polar surface area (TPSA) is 25.2 Å². The van der Waals surface area contributed by atoms with Crippen molar-refractivity contribution in [1.82, 2.24) is 9.47 Å². The van der Waals surface area contributed by atoms with Crippen molar-refractivity contribution in [2.45, 2.75) is 38.6 Å². The normalized spacial score (nSPS) is 17.1. The molecule has 1 saturated heterocycles. The molecule has 0 spiro atoms. The summed E-state index contributed by atoms with van der Waals surface area (Å²) >= 11 is 0. The number of hydrogen-bond acceptors (Lipinski definition) is 2. The van der Waals surface area contributed by atoms with Crippen molar-refractivity contribution in [2.75, 3.05) is 13.1 Å². The molecule has 146 valence electrons. The number of benzene rings is 2. The first kappa shape index (κ1) is 18.9. The fourth-order valence-electron chi connectivity index (χ4n) is 4.61. The van der Waals surface area contributed by atoms with Crippen LogP contribution in [-0.4, -0.2) is 28.3 Å². The first-order chi connectivity index (χ1) is 13.6. The summed E-state index contributed by atoms with van der Waals surface area (Å²) in [6.45, 7) is 4.56. The van der Waals surface area contributed by atoms with Gasteiger partial charge in [0, 0.05) is 42.2 Å². The van der Waals surface area contributed by atoms with E-state index in [4.69, 9.17) is 0 Å². The molecule has 0 saturated carbocycles. The number of rotatable bonds is 6. The van der Waals surface area contributed by atoms with E-state index in [-0.39, 0.29) is 5.78 Å². The molecule has 2 heterocycles. The van der Waals surface area contributed by atoms with Gasteiger partial charge in [-0.3, -0.25) is 9.69 Å². The third-order valence-corrected chi connectivity index (χ3v) is 6.46. The second kappa shape index (κ2) is 8.32.